The van der Waals surface area contributed by atoms with E-state index in [1.807, 2.05) is 0 Å². The molecule has 0 aromatic carbocycles. The highest BCUT2D eigenvalue weighted by molar-refractivity contribution is 7.99. The molecule has 1 aromatic rings. The molecule has 0 amide bonds. The van der Waals surface area contributed by atoms with Gasteiger partial charge in [-0.2, -0.15) is 0 Å². The van der Waals surface area contributed by atoms with Gasteiger partial charge in [-0.15, -0.1) is 11.8 Å². The number of rotatable bonds is 5. The van der Waals surface area contributed by atoms with Gasteiger partial charge >= 0.3 is 17.9 Å². The molecular formula is C16H18ClNO7S. The van der Waals surface area contributed by atoms with Crippen LogP contribution in [0.4, 0.5) is 0 Å². The minimum absolute atomic E-state index is 0.140. The highest BCUT2D eigenvalue weighted by Crippen LogP contribution is 2.35. The summed E-state index contributed by atoms with van der Waals surface area (Å²) in [5, 5.41) is 0.140. The molecule has 0 spiro atoms. The Morgan fingerprint density at radius 1 is 1.08 bits per heavy atom. The lowest BCUT2D eigenvalue weighted by Crippen LogP contribution is -2.55. The molecule has 2 rings (SSSR count). The third-order valence-corrected chi connectivity index (χ3v) is 4.77. The van der Waals surface area contributed by atoms with Gasteiger partial charge in [-0.05, 0) is 12.1 Å². The molecule has 8 nitrogen and oxygen atoms in total. The molecule has 0 N–H and O–H groups in total. The summed E-state index contributed by atoms with van der Waals surface area (Å²) in [7, 11) is 0. The molecule has 4 atom stereocenters. The fourth-order valence-electron chi connectivity index (χ4n) is 2.39. The van der Waals surface area contributed by atoms with Crippen LogP contribution in [-0.4, -0.2) is 52.4 Å². The fourth-order valence-corrected chi connectivity index (χ4v) is 3.77. The van der Waals surface area contributed by atoms with Crippen molar-refractivity contribution in [3.05, 3.63) is 23.5 Å². The SMILES string of the molecule is CC(=O)O[C@@H]1[C@@H](OC(C)=O)[C@H](OC(C)=O)CS[C@H]1Oc1cccnc1Cl. The molecule has 0 radical (unpaired) electrons. The van der Waals surface area contributed by atoms with Crippen molar-refractivity contribution >= 4 is 41.3 Å². The zero-order valence-electron chi connectivity index (χ0n) is 14.3. The number of carbonyl (C=O) groups excluding carboxylic acids is 3. The van der Waals surface area contributed by atoms with Gasteiger partial charge in [-0.3, -0.25) is 14.4 Å². The van der Waals surface area contributed by atoms with Gasteiger partial charge in [0.05, 0.1) is 0 Å². The van der Waals surface area contributed by atoms with Crippen LogP contribution in [0.25, 0.3) is 0 Å². The van der Waals surface area contributed by atoms with E-state index < -0.39 is 41.7 Å². The molecule has 1 fully saturated rings. The Hall–Kier alpha value is -2.00. The van der Waals surface area contributed by atoms with E-state index in [1.54, 1.807) is 12.1 Å². The van der Waals surface area contributed by atoms with Gasteiger partial charge < -0.3 is 18.9 Å². The van der Waals surface area contributed by atoms with Crippen molar-refractivity contribution in [2.24, 2.45) is 0 Å². The molecule has 142 valence electrons. The average Bonchev–Trinajstić information content (AvgIpc) is 2.53. The number of halogens is 1. The van der Waals surface area contributed by atoms with E-state index in [0.717, 1.165) is 0 Å². The smallest absolute Gasteiger partial charge is 0.303 e. The first kappa shape index (κ1) is 20.3. The number of ether oxygens (including phenoxy) is 4. The molecule has 1 aliphatic rings. The Balaban J connectivity index is 2.29. The van der Waals surface area contributed by atoms with Gasteiger partial charge in [-0.25, -0.2) is 4.98 Å². The summed E-state index contributed by atoms with van der Waals surface area (Å²) in [6.07, 6.45) is -1.29. The second-order valence-corrected chi connectivity index (χ2v) is 6.90. The van der Waals surface area contributed by atoms with Gasteiger partial charge in [0.2, 0.25) is 0 Å². The lowest BCUT2D eigenvalue weighted by molar-refractivity contribution is -0.186. The Bertz CT molecular complexity index is 686. The third kappa shape index (κ3) is 5.50. The monoisotopic (exact) mass is 403 g/mol. The minimum Gasteiger partial charge on any atom is -0.472 e. The Morgan fingerprint density at radius 2 is 1.69 bits per heavy atom. The summed E-state index contributed by atoms with van der Waals surface area (Å²) in [6.45, 7) is 3.68. The predicted molar refractivity (Wildman–Crippen MR) is 92.8 cm³/mol. The van der Waals surface area contributed by atoms with E-state index in [-0.39, 0.29) is 16.7 Å². The molecule has 1 saturated heterocycles. The van der Waals surface area contributed by atoms with Crippen LogP contribution in [0.2, 0.25) is 5.15 Å². The topological polar surface area (TPSA) is 101 Å². The van der Waals surface area contributed by atoms with Crippen molar-refractivity contribution < 1.29 is 33.3 Å². The summed E-state index contributed by atoms with van der Waals surface area (Å²) in [6, 6.07) is 3.25. The van der Waals surface area contributed by atoms with E-state index in [4.69, 9.17) is 30.5 Å². The zero-order valence-corrected chi connectivity index (χ0v) is 15.9. The predicted octanol–water partition coefficient (Wildman–Crippen LogP) is 1.98. The molecule has 2 heterocycles. The first-order valence-electron chi connectivity index (χ1n) is 7.68. The summed E-state index contributed by atoms with van der Waals surface area (Å²) in [5.41, 5.74) is -0.739. The Labute approximate surface area is 159 Å². The molecular weight excluding hydrogens is 386 g/mol. The van der Waals surface area contributed by atoms with Gasteiger partial charge in [-0.1, -0.05) is 11.6 Å². The maximum atomic E-state index is 11.6. The fraction of sp³-hybridized carbons (Fsp3) is 0.500. The summed E-state index contributed by atoms with van der Waals surface area (Å²) >= 11 is 7.25. The highest BCUT2D eigenvalue weighted by Gasteiger charge is 2.47. The van der Waals surface area contributed by atoms with Gasteiger partial charge in [0.25, 0.3) is 0 Å². The zero-order chi connectivity index (χ0) is 19.3. The van der Waals surface area contributed by atoms with Crippen LogP contribution in [0, 0.1) is 0 Å². The van der Waals surface area contributed by atoms with E-state index in [0.29, 0.717) is 0 Å². The average molecular weight is 404 g/mol. The minimum atomic E-state index is -1.01. The van der Waals surface area contributed by atoms with Crippen molar-refractivity contribution in [2.45, 2.75) is 44.5 Å². The standard InChI is InChI=1S/C16H18ClNO7S/c1-8(19)22-12-7-26-16(25-11-5-4-6-18-15(11)17)14(24-10(3)21)13(12)23-9(2)20/h4-6,12-14,16H,7H2,1-3H3/t12-,13+,14-,16-/m1/s1. The van der Waals surface area contributed by atoms with Crippen LogP contribution in [0.15, 0.2) is 18.3 Å². The van der Waals surface area contributed by atoms with E-state index in [9.17, 15) is 14.4 Å². The molecule has 0 bridgehead atoms. The van der Waals surface area contributed by atoms with Gasteiger partial charge in [0, 0.05) is 32.7 Å². The molecule has 26 heavy (non-hydrogen) atoms. The number of hydrogen-bond donors (Lipinski definition) is 0. The molecule has 10 heteroatoms. The van der Waals surface area contributed by atoms with Crippen LogP contribution >= 0.6 is 23.4 Å². The maximum absolute atomic E-state index is 11.6. The summed E-state index contributed by atoms with van der Waals surface area (Å²) in [5.74, 6) is -1.17. The second kappa shape index (κ2) is 9.09. The van der Waals surface area contributed by atoms with E-state index >= 15 is 0 Å². The summed E-state index contributed by atoms with van der Waals surface area (Å²) in [4.78, 5) is 38.3. The lowest BCUT2D eigenvalue weighted by Gasteiger charge is -2.39. The van der Waals surface area contributed by atoms with Crippen LogP contribution in [0.1, 0.15) is 20.8 Å². The Morgan fingerprint density at radius 3 is 2.27 bits per heavy atom. The largest absolute Gasteiger partial charge is 0.472 e. The van der Waals surface area contributed by atoms with Crippen LogP contribution < -0.4 is 4.74 Å². The van der Waals surface area contributed by atoms with E-state index in [1.165, 1.54) is 38.7 Å². The number of aromatic nitrogens is 1. The quantitative estimate of drug-likeness (QED) is 0.415. The van der Waals surface area contributed by atoms with Crippen LogP contribution in [-0.2, 0) is 28.6 Å². The lowest BCUT2D eigenvalue weighted by atomic mass is 10.1. The second-order valence-electron chi connectivity index (χ2n) is 5.41. The molecule has 0 aliphatic carbocycles. The van der Waals surface area contributed by atoms with Crippen LogP contribution in [0.3, 0.4) is 0 Å². The van der Waals surface area contributed by atoms with E-state index in [2.05, 4.69) is 4.98 Å². The van der Waals surface area contributed by atoms with Crippen molar-refractivity contribution in [2.75, 3.05) is 5.75 Å². The first-order valence-corrected chi connectivity index (χ1v) is 9.11. The normalized spacial score (nSPS) is 25.1. The number of hydrogen-bond acceptors (Lipinski definition) is 9. The number of nitrogens with zero attached hydrogens (tertiary/aromatic N) is 1. The number of thioether (sulfide) groups is 1. The molecule has 1 aliphatic heterocycles. The van der Waals surface area contributed by atoms with Crippen molar-refractivity contribution in [3.63, 3.8) is 0 Å². The summed E-state index contributed by atoms with van der Waals surface area (Å²) < 4.78 is 21.6. The molecule has 0 unspecified atom stereocenters. The maximum Gasteiger partial charge on any atom is 0.303 e. The van der Waals surface area contributed by atoms with Crippen molar-refractivity contribution in [1.82, 2.24) is 4.98 Å². The number of carbonyl (C=O) groups is 3. The molecule has 1 aromatic heterocycles. The van der Waals surface area contributed by atoms with Crippen molar-refractivity contribution in [3.8, 4) is 5.75 Å². The molecule has 0 saturated carbocycles. The number of pyridine rings is 1. The third-order valence-electron chi connectivity index (χ3n) is 3.27. The number of esters is 3. The van der Waals surface area contributed by atoms with Gasteiger partial charge in [0.15, 0.2) is 34.7 Å². The van der Waals surface area contributed by atoms with Crippen molar-refractivity contribution in [1.29, 1.82) is 0 Å². The first-order chi connectivity index (χ1) is 12.3. The van der Waals surface area contributed by atoms with Gasteiger partial charge in [0.1, 0.15) is 0 Å². The van der Waals surface area contributed by atoms with Crippen LogP contribution in [0.5, 0.6) is 5.75 Å². The Kier molecular flexibility index (Phi) is 7.10. The highest BCUT2D eigenvalue weighted by atomic mass is 35.5.